The number of hydrogen-bond donors (Lipinski definition) is 1. The zero-order valence-corrected chi connectivity index (χ0v) is 16.1. The molecule has 3 aromatic rings. The quantitative estimate of drug-likeness (QED) is 0.723. The molecule has 1 atom stereocenters. The average molecular weight is 359 g/mol. The smallest absolute Gasteiger partial charge is 0.251 e. The van der Waals surface area contributed by atoms with Crippen molar-refractivity contribution in [1.29, 1.82) is 5.26 Å². The van der Waals surface area contributed by atoms with Gasteiger partial charge in [0.15, 0.2) is 0 Å². The van der Waals surface area contributed by atoms with E-state index in [2.05, 4.69) is 28.1 Å². The van der Waals surface area contributed by atoms with Crippen LogP contribution in [0.3, 0.4) is 0 Å². The summed E-state index contributed by atoms with van der Waals surface area (Å²) in [7, 11) is 2.03. The van der Waals surface area contributed by atoms with Gasteiger partial charge in [0.05, 0.1) is 11.5 Å². The van der Waals surface area contributed by atoms with Gasteiger partial charge in [-0.05, 0) is 49.0 Å². The first-order valence-electron chi connectivity index (χ1n) is 9.25. The summed E-state index contributed by atoms with van der Waals surface area (Å²) in [6.07, 6.45) is 0.702. The number of nitriles is 1. The highest BCUT2D eigenvalue weighted by Crippen LogP contribution is 2.27. The van der Waals surface area contributed by atoms with Crippen molar-refractivity contribution in [2.45, 2.75) is 32.2 Å². The van der Waals surface area contributed by atoms with Gasteiger partial charge >= 0.3 is 0 Å². The van der Waals surface area contributed by atoms with E-state index in [1.165, 1.54) is 5.56 Å². The van der Waals surface area contributed by atoms with Crippen LogP contribution in [0.4, 0.5) is 0 Å². The van der Waals surface area contributed by atoms with Gasteiger partial charge < -0.3 is 9.88 Å². The largest absolute Gasteiger partial charge is 0.322 e. The molecule has 0 fully saturated rings. The molecule has 1 heterocycles. The fraction of sp³-hybridized carbons (Fsp3) is 0.304. The molecule has 1 unspecified atom stereocenters. The molecule has 0 aliphatic carbocycles. The highest BCUT2D eigenvalue weighted by Gasteiger charge is 2.28. The Morgan fingerprint density at radius 1 is 1.15 bits per heavy atom. The number of H-pyrrole nitrogens is 1. The summed E-state index contributed by atoms with van der Waals surface area (Å²) >= 11 is 0. The van der Waals surface area contributed by atoms with Crippen LogP contribution in [0.1, 0.15) is 30.5 Å². The molecule has 4 nitrogen and oxygen atoms in total. The zero-order valence-electron chi connectivity index (χ0n) is 16.1. The van der Waals surface area contributed by atoms with Gasteiger partial charge in [0.1, 0.15) is 0 Å². The minimum absolute atomic E-state index is 0.0537. The Bertz CT molecular complexity index is 1030. The number of fused-ring (bicyclic) bond motifs is 1. The van der Waals surface area contributed by atoms with Crippen molar-refractivity contribution in [2.75, 3.05) is 13.6 Å². The summed E-state index contributed by atoms with van der Waals surface area (Å²) in [5.41, 5.74) is 2.97. The van der Waals surface area contributed by atoms with Crippen molar-refractivity contribution < 1.29 is 0 Å². The van der Waals surface area contributed by atoms with Crippen LogP contribution in [0, 0.1) is 11.3 Å². The minimum atomic E-state index is -0.669. The number of likely N-dealkylation sites (N-methyl/N-ethyl adjacent to an activating group) is 1. The van der Waals surface area contributed by atoms with E-state index < -0.39 is 5.41 Å². The second kappa shape index (κ2) is 7.77. The van der Waals surface area contributed by atoms with Gasteiger partial charge in [-0.15, -0.1) is 0 Å². The second-order valence-corrected chi connectivity index (χ2v) is 7.38. The molecule has 0 aliphatic rings. The summed E-state index contributed by atoms with van der Waals surface area (Å²) < 4.78 is 0. The Balaban J connectivity index is 1.89. The predicted octanol–water partition coefficient (Wildman–Crippen LogP) is 4.00. The first-order chi connectivity index (χ1) is 12.9. The molecule has 2 aromatic carbocycles. The van der Waals surface area contributed by atoms with Gasteiger partial charge in [-0.3, -0.25) is 4.79 Å². The van der Waals surface area contributed by atoms with E-state index in [0.29, 0.717) is 13.0 Å². The molecule has 0 spiro atoms. The van der Waals surface area contributed by atoms with E-state index in [0.717, 1.165) is 28.6 Å². The average Bonchev–Trinajstić information content (AvgIpc) is 2.67. The molecule has 27 heavy (non-hydrogen) atoms. The van der Waals surface area contributed by atoms with E-state index in [4.69, 9.17) is 0 Å². The molecular weight excluding hydrogens is 334 g/mol. The molecule has 0 amide bonds. The third kappa shape index (κ3) is 4.10. The van der Waals surface area contributed by atoms with Gasteiger partial charge in [-0.25, -0.2) is 0 Å². The lowest BCUT2D eigenvalue weighted by molar-refractivity contribution is 0.281. The highest BCUT2D eigenvalue weighted by atomic mass is 16.1. The van der Waals surface area contributed by atoms with Crippen LogP contribution in [-0.4, -0.2) is 23.5 Å². The normalized spacial score (nSPS) is 13.4. The number of nitrogens with one attached hydrogen (secondary N) is 1. The fourth-order valence-corrected chi connectivity index (χ4v) is 3.53. The summed E-state index contributed by atoms with van der Waals surface area (Å²) in [4.78, 5) is 17.3. The maximum atomic E-state index is 12.1. The lowest BCUT2D eigenvalue weighted by Gasteiger charge is -2.28. The summed E-state index contributed by atoms with van der Waals surface area (Å²) in [5, 5.41) is 10.9. The number of hydrogen-bond acceptors (Lipinski definition) is 3. The molecule has 4 heteroatoms. The Morgan fingerprint density at radius 3 is 2.56 bits per heavy atom. The molecule has 1 aromatic heterocycles. The number of aromatic amines is 1. The van der Waals surface area contributed by atoms with Crippen LogP contribution in [0.2, 0.25) is 0 Å². The van der Waals surface area contributed by atoms with Gasteiger partial charge in [-0.1, -0.05) is 49.4 Å². The first kappa shape index (κ1) is 18.9. The second-order valence-electron chi connectivity index (χ2n) is 7.38. The molecule has 0 saturated carbocycles. The minimum Gasteiger partial charge on any atom is -0.322 e. The van der Waals surface area contributed by atoms with Crippen LogP contribution in [-0.2, 0) is 18.4 Å². The van der Waals surface area contributed by atoms with Crippen LogP contribution in [0.5, 0.6) is 0 Å². The van der Waals surface area contributed by atoms with Crippen molar-refractivity contribution in [2.24, 2.45) is 0 Å². The van der Waals surface area contributed by atoms with Gasteiger partial charge in [-0.2, -0.15) is 5.26 Å². The first-order valence-corrected chi connectivity index (χ1v) is 9.25. The van der Waals surface area contributed by atoms with E-state index >= 15 is 0 Å². The maximum Gasteiger partial charge on any atom is 0.251 e. The van der Waals surface area contributed by atoms with E-state index in [1.54, 1.807) is 0 Å². The van der Waals surface area contributed by atoms with Crippen molar-refractivity contribution >= 4 is 10.9 Å². The van der Waals surface area contributed by atoms with Crippen LogP contribution in [0.25, 0.3) is 10.9 Å². The number of aryl methyl sites for hydroxylation is 1. The third-order valence-electron chi connectivity index (χ3n) is 5.07. The van der Waals surface area contributed by atoms with Crippen LogP contribution in [0.15, 0.2) is 59.4 Å². The molecule has 0 radical (unpaired) electrons. The zero-order chi connectivity index (χ0) is 19.4. The molecule has 1 N–H and O–H groups in total. The van der Waals surface area contributed by atoms with Crippen LogP contribution >= 0.6 is 0 Å². The molecular formula is C23H25N3O. The van der Waals surface area contributed by atoms with Crippen LogP contribution < -0.4 is 5.56 Å². The highest BCUT2D eigenvalue weighted by molar-refractivity contribution is 5.80. The Morgan fingerprint density at radius 2 is 1.89 bits per heavy atom. The lowest BCUT2D eigenvalue weighted by Crippen LogP contribution is -2.35. The number of nitrogens with zero attached hydrogens (tertiary/aromatic N) is 2. The van der Waals surface area contributed by atoms with Crippen molar-refractivity contribution in [3.63, 3.8) is 0 Å². The van der Waals surface area contributed by atoms with Gasteiger partial charge in [0, 0.05) is 24.2 Å². The molecule has 0 saturated heterocycles. The predicted molar refractivity (Wildman–Crippen MR) is 110 cm³/mol. The topological polar surface area (TPSA) is 59.9 Å². The third-order valence-corrected chi connectivity index (χ3v) is 5.07. The number of rotatable bonds is 6. The summed E-state index contributed by atoms with van der Waals surface area (Å²) in [5.74, 6) is 0. The van der Waals surface area contributed by atoms with Gasteiger partial charge in [0.25, 0.3) is 5.56 Å². The van der Waals surface area contributed by atoms with E-state index in [9.17, 15) is 10.1 Å². The Kier molecular flexibility index (Phi) is 5.43. The SMILES string of the molecule is CCc1cc2ccc(C(C)(C#N)CN(C)Cc3ccccc3)cc2[nH]c1=O. The fourth-order valence-electron chi connectivity index (χ4n) is 3.53. The van der Waals surface area contributed by atoms with E-state index in [-0.39, 0.29) is 5.56 Å². The lowest BCUT2D eigenvalue weighted by atomic mass is 9.83. The molecule has 0 bridgehead atoms. The maximum absolute atomic E-state index is 12.1. The van der Waals surface area contributed by atoms with Crippen molar-refractivity contribution in [1.82, 2.24) is 9.88 Å². The Hall–Kier alpha value is -2.90. The van der Waals surface area contributed by atoms with Crippen molar-refractivity contribution in [3.05, 3.63) is 81.6 Å². The summed E-state index contributed by atoms with van der Waals surface area (Å²) in [6, 6.07) is 20.6. The molecule has 138 valence electrons. The van der Waals surface area contributed by atoms with Crippen molar-refractivity contribution in [3.8, 4) is 6.07 Å². The number of benzene rings is 2. The van der Waals surface area contributed by atoms with E-state index in [1.807, 2.05) is 63.4 Å². The standard InChI is InChI=1S/C23H25N3O/c1-4-18-12-19-10-11-20(13-21(19)25-22(18)27)23(2,15-24)16-26(3)14-17-8-6-5-7-9-17/h5-13H,4,14,16H2,1-3H3,(H,25,27). The molecule has 3 rings (SSSR count). The Labute approximate surface area is 160 Å². The van der Waals surface area contributed by atoms with Gasteiger partial charge in [0.2, 0.25) is 0 Å². The number of pyridine rings is 1. The summed E-state index contributed by atoms with van der Waals surface area (Å²) in [6.45, 7) is 5.30. The molecule has 0 aliphatic heterocycles. The number of aromatic nitrogens is 1. The monoisotopic (exact) mass is 359 g/mol.